The van der Waals surface area contributed by atoms with Crippen LogP contribution >= 0.6 is 0 Å². The molecule has 166 valence electrons. The lowest BCUT2D eigenvalue weighted by Crippen LogP contribution is -2.35. The van der Waals surface area contributed by atoms with Crippen molar-refractivity contribution >= 4 is 5.91 Å². The second-order valence-corrected chi connectivity index (χ2v) is 7.83. The van der Waals surface area contributed by atoms with Gasteiger partial charge in [-0.1, -0.05) is 24.3 Å². The van der Waals surface area contributed by atoms with Crippen LogP contribution in [0.1, 0.15) is 22.3 Å². The fraction of sp³-hybridized carbons (Fsp3) is 0.269. The molecule has 0 aromatic heterocycles. The lowest BCUT2D eigenvalue weighted by atomic mass is 10.2. The lowest BCUT2D eigenvalue weighted by molar-refractivity contribution is 0.0761. The average Bonchev–Trinajstić information content (AvgIpc) is 3.05. The number of methoxy groups -OCH3 is 1. The zero-order valence-electron chi connectivity index (χ0n) is 18.2. The van der Waals surface area contributed by atoms with Crippen molar-refractivity contribution in [3.05, 3.63) is 89.7 Å². The molecule has 3 aromatic rings. The van der Waals surface area contributed by atoms with Gasteiger partial charge in [-0.25, -0.2) is 4.39 Å². The van der Waals surface area contributed by atoms with Crippen molar-refractivity contribution in [3.8, 4) is 17.2 Å². The van der Waals surface area contributed by atoms with Crippen LogP contribution in [0, 0.1) is 5.82 Å². The van der Waals surface area contributed by atoms with Gasteiger partial charge < -0.3 is 14.4 Å². The standard InChI is InChI=1S/C26H27FN2O3/c1-31-24-8-2-3-9-25(24)32-23-7-4-6-20(18-23)19-28-14-5-15-29(17-16-28)26(30)21-10-12-22(27)13-11-21/h2-4,6-13,18H,5,14-17,19H2,1H3. The Morgan fingerprint density at radius 2 is 1.69 bits per heavy atom. The van der Waals surface area contributed by atoms with Gasteiger partial charge >= 0.3 is 0 Å². The van der Waals surface area contributed by atoms with Gasteiger partial charge in [0.15, 0.2) is 11.5 Å². The number of ether oxygens (including phenoxy) is 2. The topological polar surface area (TPSA) is 42.0 Å². The minimum atomic E-state index is -0.333. The number of halogens is 1. The number of rotatable bonds is 6. The first-order valence-corrected chi connectivity index (χ1v) is 10.8. The Labute approximate surface area is 188 Å². The van der Waals surface area contributed by atoms with Gasteiger partial charge in [0.05, 0.1) is 7.11 Å². The highest BCUT2D eigenvalue weighted by Crippen LogP contribution is 2.31. The molecular formula is C26H27FN2O3. The second-order valence-electron chi connectivity index (χ2n) is 7.83. The Hall–Kier alpha value is -3.38. The number of benzene rings is 3. The van der Waals surface area contributed by atoms with E-state index in [0.717, 1.165) is 37.4 Å². The van der Waals surface area contributed by atoms with E-state index in [4.69, 9.17) is 9.47 Å². The molecule has 0 aliphatic carbocycles. The van der Waals surface area contributed by atoms with E-state index in [2.05, 4.69) is 11.0 Å². The molecule has 1 aliphatic rings. The molecule has 32 heavy (non-hydrogen) atoms. The summed E-state index contributed by atoms with van der Waals surface area (Å²) in [6.45, 7) is 3.81. The van der Waals surface area contributed by atoms with Gasteiger partial charge in [-0.3, -0.25) is 9.69 Å². The average molecular weight is 435 g/mol. The third kappa shape index (κ3) is 5.45. The van der Waals surface area contributed by atoms with Crippen molar-refractivity contribution in [2.75, 3.05) is 33.3 Å². The lowest BCUT2D eigenvalue weighted by Gasteiger charge is -2.22. The van der Waals surface area contributed by atoms with Crippen molar-refractivity contribution in [3.63, 3.8) is 0 Å². The summed E-state index contributed by atoms with van der Waals surface area (Å²) < 4.78 is 24.6. The highest BCUT2D eigenvalue weighted by atomic mass is 19.1. The molecule has 1 fully saturated rings. The molecule has 0 saturated carbocycles. The van der Waals surface area contributed by atoms with Gasteiger partial charge in [0, 0.05) is 38.3 Å². The first-order valence-electron chi connectivity index (χ1n) is 10.8. The number of hydrogen-bond acceptors (Lipinski definition) is 4. The molecule has 1 heterocycles. The summed E-state index contributed by atoms with van der Waals surface area (Å²) >= 11 is 0. The van der Waals surface area contributed by atoms with Crippen LogP contribution in [0.5, 0.6) is 17.2 Å². The third-order valence-corrected chi connectivity index (χ3v) is 5.57. The molecule has 0 N–H and O–H groups in total. The Bertz CT molecular complexity index is 1050. The molecule has 1 saturated heterocycles. The van der Waals surface area contributed by atoms with E-state index in [1.165, 1.54) is 12.1 Å². The molecular weight excluding hydrogens is 407 g/mol. The van der Waals surface area contributed by atoms with Crippen LogP contribution in [0.2, 0.25) is 0 Å². The monoisotopic (exact) mass is 434 g/mol. The van der Waals surface area contributed by atoms with Crippen LogP contribution in [0.3, 0.4) is 0 Å². The summed E-state index contributed by atoms with van der Waals surface area (Å²) in [6, 6.07) is 21.4. The maximum Gasteiger partial charge on any atom is 0.253 e. The maximum atomic E-state index is 13.2. The van der Waals surface area contributed by atoms with Crippen LogP contribution < -0.4 is 9.47 Å². The van der Waals surface area contributed by atoms with E-state index in [0.29, 0.717) is 30.2 Å². The molecule has 3 aromatic carbocycles. The summed E-state index contributed by atoms with van der Waals surface area (Å²) in [6.07, 6.45) is 0.893. The Morgan fingerprint density at radius 1 is 0.906 bits per heavy atom. The number of hydrogen-bond donors (Lipinski definition) is 0. The summed E-state index contributed by atoms with van der Waals surface area (Å²) in [5, 5.41) is 0. The molecule has 1 amide bonds. The normalized spacial score (nSPS) is 14.6. The Balaban J connectivity index is 1.37. The van der Waals surface area contributed by atoms with Crippen LogP contribution in [-0.2, 0) is 6.54 Å². The van der Waals surface area contributed by atoms with E-state index in [1.807, 2.05) is 47.4 Å². The van der Waals surface area contributed by atoms with E-state index in [9.17, 15) is 9.18 Å². The first kappa shape index (κ1) is 21.8. The molecule has 0 bridgehead atoms. The van der Waals surface area contributed by atoms with Crippen molar-refractivity contribution in [1.29, 1.82) is 0 Å². The first-order chi connectivity index (χ1) is 15.6. The number of nitrogens with zero attached hydrogens (tertiary/aromatic N) is 2. The predicted molar refractivity (Wildman–Crippen MR) is 122 cm³/mol. The van der Waals surface area contributed by atoms with Crippen molar-refractivity contribution in [2.24, 2.45) is 0 Å². The largest absolute Gasteiger partial charge is 0.493 e. The number of carbonyl (C=O) groups excluding carboxylic acids is 1. The summed E-state index contributed by atoms with van der Waals surface area (Å²) in [5.74, 6) is 1.75. The molecule has 6 heteroatoms. The minimum absolute atomic E-state index is 0.0425. The van der Waals surface area contributed by atoms with Crippen molar-refractivity contribution in [2.45, 2.75) is 13.0 Å². The molecule has 4 rings (SSSR count). The van der Waals surface area contributed by atoms with Crippen molar-refractivity contribution in [1.82, 2.24) is 9.80 Å². The Kier molecular flexibility index (Phi) is 7.02. The highest BCUT2D eigenvalue weighted by Gasteiger charge is 2.20. The van der Waals surface area contributed by atoms with Gasteiger partial charge in [0.25, 0.3) is 5.91 Å². The quantitative estimate of drug-likeness (QED) is 0.549. The molecule has 1 aliphatic heterocycles. The maximum absolute atomic E-state index is 13.2. The SMILES string of the molecule is COc1ccccc1Oc1cccc(CN2CCCN(C(=O)c3ccc(F)cc3)CC2)c1. The molecule has 0 unspecified atom stereocenters. The van der Waals surface area contributed by atoms with Crippen molar-refractivity contribution < 1.29 is 18.7 Å². The molecule has 5 nitrogen and oxygen atoms in total. The zero-order chi connectivity index (χ0) is 22.3. The van der Waals surface area contributed by atoms with Gasteiger partial charge in [0.2, 0.25) is 0 Å². The van der Waals surface area contributed by atoms with Crippen LogP contribution in [0.25, 0.3) is 0 Å². The number of amides is 1. The third-order valence-electron chi connectivity index (χ3n) is 5.57. The van der Waals surface area contributed by atoms with E-state index in [1.54, 1.807) is 19.2 Å². The smallest absolute Gasteiger partial charge is 0.253 e. The molecule has 0 atom stereocenters. The van der Waals surface area contributed by atoms with Gasteiger partial charge in [-0.2, -0.15) is 0 Å². The number of para-hydroxylation sites is 2. The van der Waals surface area contributed by atoms with Gasteiger partial charge in [0.1, 0.15) is 11.6 Å². The summed E-state index contributed by atoms with van der Waals surface area (Å²) in [5.41, 5.74) is 1.68. The molecule has 0 radical (unpaired) electrons. The second kappa shape index (κ2) is 10.3. The van der Waals surface area contributed by atoms with Crippen LogP contribution in [0.4, 0.5) is 4.39 Å². The fourth-order valence-corrected chi connectivity index (χ4v) is 3.90. The van der Waals surface area contributed by atoms with Gasteiger partial charge in [-0.15, -0.1) is 0 Å². The Morgan fingerprint density at radius 3 is 2.47 bits per heavy atom. The van der Waals surface area contributed by atoms with Crippen LogP contribution in [-0.4, -0.2) is 49.0 Å². The van der Waals surface area contributed by atoms with Crippen LogP contribution in [0.15, 0.2) is 72.8 Å². The van der Waals surface area contributed by atoms with E-state index in [-0.39, 0.29) is 11.7 Å². The highest BCUT2D eigenvalue weighted by molar-refractivity contribution is 5.94. The summed E-state index contributed by atoms with van der Waals surface area (Å²) in [4.78, 5) is 17.0. The van der Waals surface area contributed by atoms with E-state index < -0.39 is 0 Å². The fourth-order valence-electron chi connectivity index (χ4n) is 3.90. The summed E-state index contributed by atoms with van der Waals surface area (Å²) in [7, 11) is 1.63. The zero-order valence-corrected chi connectivity index (χ0v) is 18.2. The van der Waals surface area contributed by atoms with E-state index >= 15 is 0 Å². The van der Waals surface area contributed by atoms with Gasteiger partial charge in [-0.05, 0) is 60.5 Å². The minimum Gasteiger partial charge on any atom is -0.493 e. The predicted octanol–water partition coefficient (Wildman–Crippen LogP) is 4.97. The molecule has 0 spiro atoms. The number of carbonyl (C=O) groups is 1.